The van der Waals surface area contributed by atoms with Crippen molar-refractivity contribution in [3.8, 4) is 0 Å². The second-order valence-corrected chi connectivity index (χ2v) is 8.55. The Morgan fingerprint density at radius 2 is 0.700 bits per heavy atom. The summed E-state index contributed by atoms with van der Waals surface area (Å²) in [6, 6.07) is 0. The van der Waals surface area contributed by atoms with E-state index in [-0.39, 0.29) is 0 Å². The highest BCUT2D eigenvalue weighted by molar-refractivity contribution is 5.87. The molecule has 0 bridgehead atoms. The van der Waals surface area contributed by atoms with Crippen molar-refractivity contribution in [2.45, 2.75) is 80.1 Å². The summed E-state index contributed by atoms with van der Waals surface area (Å²) in [4.78, 5) is 18.8. The van der Waals surface area contributed by atoms with Gasteiger partial charge in [-0.05, 0) is 50.7 Å². The highest BCUT2D eigenvalue weighted by Gasteiger charge is 2.17. The minimum absolute atomic E-state index is 0.384. The van der Waals surface area contributed by atoms with Crippen molar-refractivity contribution in [1.82, 2.24) is 0 Å². The molecule has 6 heteroatoms. The zero-order chi connectivity index (χ0) is 24.1. The van der Waals surface area contributed by atoms with Crippen LogP contribution in [-0.2, 0) is 9.59 Å². The number of aliphatic carboxylic acids is 2. The highest BCUT2D eigenvalue weighted by atomic mass is 16.4. The third kappa shape index (κ3) is 22.9. The number of carboxylic acids is 2. The van der Waals surface area contributed by atoms with Crippen LogP contribution < -0.4 is 10.2 Å². The molecule has 0 aromatic carbocycles. The second kappa shape index (κ2) is 20.9. The van der Waals surface area contributed by atoms with Gasteiger partial charge in [0, 0.05) is 0 Å². The minimum Gasteiger partial charge on any atom is -0.545 e. The van der Waals surface area contributed by atoms with Gasteiger partial charge in [-0.2, -0.15) is 0 Å². The first-order valence-corrected chi connectivity index (χ1v) is 11.8. The van der Waals surface area contributed by atoms with Gasteiger partial charge in [-0.1, -0.05) is 41.5 Å². The number of rotatable bonds is 14. The smallest absolute Gasteiger partial charge is 0.0781 e. The minimum atomic E-state index is -1.55. The van der Waals surface area contributed by atoms with Gasteiger partial charge < -0.3 is 28.8 Å². The Bertz CT molecular complexity index is 376. The molecule has 0 rings (SSSR count). The van der Waals surface area contributed by atoms with Crippen molar-refractivity contribution in [3.05, 3.63) is 12.2 Å². The SMILES string of the molecule is CCC[N+](C)(CCC)CCC.CCC[N+](C)(CCC)CCC.O=C([O-])/C=C\C(=O)[O-]. The molecule has 6 nitrogen and oxygen atoms in total. The maximum atomic E-state index is 9.41. The molecule has 0 aromatic rings. The van der Waals surface area contributed by atoms with Crippen molar-refractivity contribution in [1.29, 1.82) is 0 Å². The number of carboxylic acid groups (broad SMARTS) is 2. The van der Waals surface area contributed by atoms with E-state index in [2.05, 4.69) is 55.6 Å². The summed E-state index contributed by atoms with van der Waals surface area (Å²) < 4.78 is 2.56. The molecule has 0 amide bonds. The molecular weight excluding hydrogens is 380 g/mol. The molecule has 0 saturated heterocycles. The lowest BCUT2D eigenvalue weighted by atomic mass is 10.2. The summed E-state index contributed by atoms with van der Waals surface area (Å²) in [5.74, 6) is -3.09. The Kier molecular flexibility index (Phi) is 23.1. The van der Waals surface area contributed by atoms with Crippen LogP contribution in [0.4, 0.5) is 0 Å². The van der Waals surface area contributed by atoms with E-state index >= 15 is 0 Å². The van der Waals surface area contributed by atoms with Crippen molar-refractivity contribution in [2.24, 2.45) is 0 Å². The molecule has 0 saturated carbocycles. The predicted molar refractivity (Wildman–Crippen MR) is 122 cm³/mol. The third-order valence-electron chi connectivity index (χ3n) is 4.94. The molecule has 0 heterocycles. The van der Waals surface area contributed by atoms with Gasteiger partial charge in [0.15, 0.2) is 0 Å². The largest absolute Gasteiger partial charge is 0.545 e. The molecule has 0 aliphatic carbocycles. The first-order valence-electron chi connectivity index (χ1n) is 11.8. The Morgan fingerprint density at radius 3 is 0.800 bits per heavy atom. The lowest BCUT2D eigenvalue weighted by Crippen LogP contribution is -2.45. The summed E-state index contributed by atoms with van der Waals surface area (Å²) in [5, 5.41) is 18.8. The Hall–Kier alpha value is -1.40. The number of quaternary nitrogens is 2. The van der Waals surface area contributed by atoms with Gasteiger partial charge in [0.05, 0.1) is 65.3 Å². The average Bonchev–Trinajstić information content (AvgIpc) is 2.62. The fraction of sp³-hybridized carbons (Fsp3) is 0.833. The lowest BCUT2D eigenvalue weighted by Gasteiger charge is -2.33. The van der Waals surface area contributed by atoms with Gasteiger partial charge in [-0.25, -0.2) is 0 Å². The molecule has 0 fully saturated rings. The van der Waals surface area contributed by atoms with Crippen LogP contribution in [0, 0.1) is 0 Å². The Morgan fingerprint density at radius 1 is 0.533 bits per heavy atom. The molecule has 0 aliphatic heterocycles. The zero-order valence-corrected chi connectivity index (χ0v) is 21.2. The fourth-order valence-electron chi connectivity index (χ4n) is 4.05. The number of carbonyl (C=O) groups excluding carboxylic acids is 2. The molecule has 0 atom stereocenters. The van der Waals surface area contributed by atoms with Gasteiger partial charge in [0.1, 0.15) is 0 Å². The molecule has 0 unspecified atom stereocenters. The molecule has 0 aromatic heterocycles. The number of hydrogen-bond donors (Lipinski definition) is 0. The van der Waals surface area contributed by atoms with Crippen molar-refractivity contribution in [3.63, 3.8) is 0 Å². The predicted octanol–water partition coefficient (Wildman–Crippen LogP) is 2.37. The molecule has 0 spiro atoms. The van der Waals surface area contributed by atoms with Crippen LogP contribution in [0.25, 0.3) is 0 Å². The standard InChI is InChI=1S/2C10H24N.C4H4O4/c2*1-5-8-11(4,9-6-2)10-7-3;5-3(6)1-2-4(7)8/h2*5-10H2,1-4H3;1-2H,(H,5,6)(H,7,8)/q2*+1;/p-2/b;;2-1-. The first-order chi connectivity index (χ1) is 14.0. The fourth-order valence-corrected chi connectivity index (χ4v) is 4.05. The van der Waals surface area contributed by atoms with E-state index in [0.29, 0.717) is 12.2 Å². The number of carbonyl (C=O) groups is 2. The van der Waals surface area contributed by atoms with Crippen molar-refractivity contribution < 1.29 is 28.8 Å². The summed E-state index contributed by atoms with van der Waals surface area (Å²) >= 11 is 0. The Balaban J connectivity index is -0.000000370. The quantitative estimate of drug-likeness (QED) is 0.313. The van der Waals surface area contributed by atoms with E-state index in [0.717, 1.165) is 0 Å². The van der Waals surface area contributed by atoms with E-state index in [1.165, 1.54) is 86.8 Å². The highest BCUT2D eigenvalue weighted by Crippen LogP contribution is 2.07. The summed E-state index contributed by atoms with van der Waals surface area (Å²) in [6.07, 6.45) is 8.66. The number of nitrogens with zero attached hydrogens (tertiary/aromatic N) is 2. The van der Waals surface area contributed by atoms with E-state index in [1.807, 2.05) is 0 Å². The van der Waals surface area contributed by atoms with Crippen LogP contribution in [0.1, 0.15) is 80.1 Å². The molecule has 180 valence electrons. The van der Waals surface area contributed by atoms with Gasteiger partial charge in [-0.15, -0.1) is 0 Å². The maximum absolute atomic E-state index is 9.41. The van der Waals surface area contributed by atoms with Crippen molar-refractivity contribution >= 4 is 11.9 Å². The Labute approximate surface area is 186 Å². The first kappa shape index (κ1) is 33.2. The van der Waals surface area contributed by atoms with Crippen LogP contribution in [0.2, 0.25) is 0 Å². The molecule has 0 aliphatic rings. The van der Waals surface area contributed by atoms with Gasteiger partial charge >= 0.3 is 0 Å². The van der Waals surface area contributed by atoms with Crippen LogP contribution in [0.5, 0.6) is 0 Å². The third-order valence-corrected chi connectivity index (χ3v) is 4.94. The topological polar surface area (TPSA) is 80.3 Å². The van der Waals surface area contributed by atoms with E-state index in [1.54, 1.807) is 0 Å². The summed E-state index contributed by atoms with van der Waals surface area (Å²) in [7, 11) is 4.77. The van der Waals surface area contributed by atoms with Crippen LogP contribution in [-0.4, -0.2) is 74.3 Å². The van der Waals surface area contributed by atoms with Gasteiger partial charge in [-0.3, -0.25) is 0 Å². The van der Waals surface area contributed by atoms with Gasteiger partial charge in [0.25, 0.3) is 0 Å². The molecular formula is C24H50N2O4. The van der Waals surface area contributed by atoms with Crippen LogP contribution in [0.3, 0.4) is 0 Å². The van der Waals surface area contributed by atoms with Crippen LogP contribution in [0.15, 0.2) is 12.2 Å². The maximum Gasteiger partial charge on any atom is 0.0781 e. The average molecular weight is 431 g/mol. The summed E-state index contributed by atoms with van der Waals surface area (Å²) in [6.45, 7) is 21.8. The monoisotopic (exact) mass is 430 g/mol. The number of hydrogen-bond acceptors (Lipinski definition) is 4. The second-order valence-electron chi connectivity index (χ2n) is 8.55. The van der Waals surface area contributed by atoms with E-state index in [4.69, 9.17) is 0 Å². The van der Waals surface area contributed by atoms with E-state index in [9.17, 15) is 19.8 Å². The van der Waals surface area contributed by atoms with Gasteiger partial charge in [0.2, 0.25) is 0 Å². The van der Waals surface area contributed by atoms with E-state index < -0.39 is 11.9 Å². The van der Waals surface area contributed by atoms with Crippen LogP contribution >= 0.6 is 0 Å². The summed E-state index contributed by atoms with van der Waals surface area (Å²) in [5.41, 5.74) is 0. The van der Waals surface area contributed by atoms with Crippen molar-refractivity contribution in [2.75, 3.05) is 53.4 Å². The lowest BCUT2D eigenvalue weighted by molar-refractivity contribution is -0.909. The zero-order valence-electron chi connectivity index (χ0n) is 21.2. The normalized spacial score (nSPS) is 11.3. The molecule has 0 radical (unpaired) electrons. The molecule has 0 N–H and O–H groups in total. The molecule has 30 heavy (non-hydrogen) atoms.